The highest BCUT2D eigenvalue weighted by molar-refractivity contribution is 5.94. The molecule has 2 heterocycles. The van der Waals surface area contributed by atoms with Gasteiger partial charge in [0.25, 0.3) is 11.8 Å². The van der Waals surface area contributed by atoms with Crippen molar-refractivity contribution in [1.82, 2.24) is 25.3 Å². The quantitative estimate of drug-likeness (QED) is 0.694. The SMILES string of the molecule is Cc1nnc(-c2cc(C(C)C)n(-c3ccc(C(=O)N[C@H](C)C(C)C)cc3)n2)o1. The first-order valence-corrected chi connectivity index (χ1v) is 9.58. The Balaban J connectivity index is 1.89. The molecule has 7 nitrogen and oxygen atoms in total. The van der Waals surface area contributed by atoms with E-state index in [0.717, 1.165) is 11.4 Å². The Kier molecular flexibility index (Phi) is 5.63. The molecule has 1 atom stereocenters. The Labute approximate surface area is 165 Å². The summed E-state index contributed by atoms with van der Waals surface area (Å²) in [5.74, 6) is 1.46. The molecule has 28 heavy (non-hydrogen) atoms. The zero-order chi connectivity index (χ0) is 20.4. The van der Waals surface area contributed by atoms with E-state index in [1.54, 1.807) is 6.92 Å². The summed E-state index contributed by atoms with van der Waals surface area (Å²) >= 11 is 0. The monoisotopic (exact) mass is 381 g/mol. The number of carbonyl (C=O) groups is 1. The molecular weight excluding hydrogens is 354 g/mol. The number of benzene rings is 1. The summed E-state index contributed by atoms with van der Waals surface area (Å²) in [5, 5.41) is 15.6. The van der Waals surface area contributed by atoms with Crippen LogP contribution in [0.25, 0.3) is 17.3 Å². The van der Waals surface area contributed by atoms with Gasteiger partial charge in [-0.25, -0.2) is 4.68 Å². The van der Waals surface area contributed by atoms with Crippen LogP contribution in [-0.2, 0) is 0 Å². The lowest BCUT2D eigenvalue weighted by atomic mass is 10.1. The van der Waals surface area contributed by atoms with Crippen LogP contribution in [0.1, 0.15) is 62.5 Å². The first-order chi connectivity index (χ1) is 13.3. The van der Waals surface area contributed by atoms with Crippen LogP contribution in [0.3, 0.4) is 0 Å². The van der Waals surface area contributed by atoms with Gasteiger partial charge in [-0.1, -0.05) is 27.7 Å². The van der Waals surface area contributed by atoms with Gasteiger partial charge in [-0.3, -0.25) is 4.79 Å². The summed E-state index contributed by atoms with van der Waals surface area (Å²) in [5.41, 5.74) is 3.16. The highest BCUT2D eigenvalue weighted by Gasteiger charge is 2.18. The fourth-order valence-corrected chi connectivity index (χ4v) is 2.73. The van der Waals surface area contributed by atoms with Crippen LogP contribution in [0.15, 0.2) is 34.7 Å². The van der Waals surface area contributed by atoms with Crippen LogP contribution >= 0.6 is 0 Å². The lowest BCUT2D eigenvalue weighted by molar-refractivity contribution is 0.0930. The number of nitrogens with zero attached hydrogens (tertiary/aromatic N) is 4. The average Bonchev–Trinajstić information content (AvgIpc) is 3.28. The van der Waals surface area contributed by atoms with Crippen molar-refractivity contribution in [3.05, 3.63) is 47.5 Å². The molecule has 7 heteroatoms. The van der Waals surface area contributed by atoms with E-state index < -0.39 is 0 Å². The highest BCUT2D eigenvalue weighted by Crippen LogP contribution is 2.25. The van der Waals surface area contributed by atoms with Gasteiger partial charge in [0.05, 0.1) is 5.69 Å². The molecule has 3 rings (SSSR count). The molecule has 0 bridgehead atoms. The number of hydrogen-bond acceptors (Lipinski definition) is 5. The summed E-state index contributed by atoms with van der Waals surface area (Å²) in [6, 6.07) is 9.52. The second kappa shape index (κ2) is 7.96. The fraction of sp³-hybridized carbons (Fsp3) is 0.429. The molecule has 1 N–H and O–H groups in total. The maximum Gasteiger partial charge on any atom is 0.268 e. The Hall–Kier alpha value is -2.96. The number of rotatable bonds is 6. The van der Waals surface area contributed by atoms with E-state index in [-0.39, 0.29) is 17.9 Å². The summed E-state index contributed by atoms with van der Waals surface area (Å²) in [6.45, 7) is 12.1. The fourth-order valence-electron chi connectivity index (χ4n) is 2.73. The molecule has 2 aromatic heterocycles. The van der Waals surface area contributed by atoms with Crippen LogP contribution in [0, 0.1) is 12.8 Å². The first-order valence-electron chi connectivity index (χ1n) is 9.58. The summed E-state index contributed by atoms with van der Waals surface area (Å²) in [7, 11) is 0. The van der Waals surface area contributed by atoms with Crippen molar-refractivity contribution in [2.24, 2.45) is 5.92 Å². The Morgan fingerprint density at radius 3 is 2.29 bits per heavy atom. The van der Waals surface area contributed by atoms with E-state index in [1.807, 2.05) is 41.9 Å². The van der Waals surface area contributed by atoms with Crippen LogP contribution in [-0.4, -0.2) is 31.9 Å². The second-order valence-electron chi connectivity index (χ2n) is 7.70. The summed E-state index contributed by atoms with van der Waals surface area (Å²) in [6.07, 6.45) is 0. The zero-order valence-electron chi connectivity index (χ0n) is 17.2. The first kappa shape index (κ1) is 19.8. The molecule has 0 fully saturated rings. The maximum atomic E-state index is 12.4. The number of nitrogens with one attached hydrogen (secondary N) is 1. The standard InChI is InChI=1S/C21H27N5O2/c1-12(2)14(5)22-20(27)16-7-9-17(10-8-16)26-19(13(3)4)11-18(25-26)21-24-23-15(6)28-21/h7-14H,1-6H3,(H,22,27)/t14-/m1/s1. The van der Waals surface area contributed by atoms with Gasteiger partial charge in [0.1, 0.15) is 5.69 Å². The number of hydrogen-bond donors (Lipinski definition) is 1. The molecular formula is C21H27N5O2. The predicted octanol–water partition coefficient (Wildman–Crippen LogP) is 4.13. The van der Waals surface area contributed by atoms with Gasteiger partial charge in [-0.2, -0.15) is 5.10 Å². The molecule has 0 saturated heterocycles. The molecule has 3 aromatic rings. The minimum atomic E-state index is -0.0701. The van der Waals surface area contributed by atoms with Crippen LogP contribution in [0.2, 0.25) is 0 Å². The molecule has 0 aliphatic rings. The Bertz CT molecular complexity index is 954. The van der Waals surface area contributed by atoms with Crippen LogP contribution < -0.4 is 5.32 Å². The van der Waals surface area contributed by atoms with Crippen LogP contribution in [0.5, 0.6) is 0 Å². The maximum absolute atomic E-state index is 12.4. The van der Waals surface area contributed by atoms with E-state index in [4.69, 9.17) is 4.42 Å². The Morgan fingerprint density at radius 1 is 1.07 bits per heavy atom. The molecule has 0 aliphatic heterocycles. The number of amides is 1. The molecule has 0 unspecified atom stereocenters. The summed E-state index contributed by atoms with van der Waals surface area (Å²) in [4.78, 5) is 12.4. The zero-order valence-corrected chi connectivity index (χ0v) is 17.2. The van der Waals surface area contributed by atoms with Crippen LogP contribution in [0.4, 0.5) is 0 Å². The van der Waals surface area contributed by atoms with Gasteiger partial charge >= 0.3 is 0 Å². The van der Waals surface area contributed by atoms with Crippen molar-refractivity contribution in [3.8, 4) is 17.3 Å². The van der Waals surface area contributed by atoms with E-state index >= 15 is 0 Å². The molecule has 0 saturated carbocycles. The predicted molar refractivity (Wildman–Crippen MR) is 107 cm³/mol. The number of carbonyl (C=O) groups excluding carboxylic acids is 1. The van der Waals surface area contributed by atoms with Gasteiger partial charge in [0.15, 0.2) is 0 Å². The number of aryl methyl sites for hydroxylation is 1. The topological polar surface area (TPSA) is 85.8 Å². The third-order valence-electron chi connectivity index (χ3n) is 4.81. The van der Waals surface area contributed by atoms with Gasteiger partial charge in [-0.15, -0.1) is 10.2 Å². The van der Waals surface area contributed by atoms with Crippen molar-refractivity contribution in [2.45, 2.75) is 53.5 Å². The van der Waals surface area contributed by atoms with E-state index in [2.05, 4.69) is 48.3 Å². The van der Waals surface area contributed by atoms with Crippen molar-refractivity contribution in [1.29, 1.82) is 0 Å². The minimum Gasteiger partial charge on any atom is -0.420 e. The molecule has 0 spiro atoms. The van der Waals surface area contributed by atoms with E-state index in [1.165, 1.54) is 0 Å². The molecule has 0 radical (unpaired) electrons. The van der Waals surface area contributed by atoms with Crippen molar-refractivity contribution in [3.63, 3.8) is 0 Å². The largest absolute Gasteiger partial charge is 0.420 e. The lowest BCUT2D eigenvalue weighted by Gasteiger charge is -2.17. The smallest absolute Gasteiger partial charge is 0.268 e. The van der Waals surface area contributed by atoms with Crippen molar-refractivity contribution >= 4 is 5.91 Å². The third-order valence-corrected chi connectivity index (χ3v) is 4.81. The normalized spacial score (nSPS) is 12.6. The molecule has 0 aliphatic carbocycles. The van der Waals surface area contributed by atoms with Gasteiger partial charge in [0, 0.05) is 24.2 Å². The van der Waals surface area contributed by atoms with Gasteiger partial charge in [-0.05, 0) is 49.1 Å². The minimum absolute atomic E-state index is 0.0701. The molecule has 1 aromatic carbocycles. The molecule has 1 amide bonds. The Morgan fingerprint density at radius 2 is 1.75 bits per heavy atom. The highest BCUT2D eigenvalue weighted by atomic mass is 16.4. The van der Waals surface area contributed by atoms with Crippen molar-refractivity contribution < 1.29 is 9.21 Å². The second-order valence-corrected chi connectivity index (χ2v) is 7.70. The van der Waals surface area contributed by atoms with Crippen molar-refractivity contribution in [2.75, 3.05) is 0 Å². The van der Waals surface area contributed by atoms with Gasteiger partial charge in [0.2, 0.25) is 5.89 Å². The van der Waals surface area contributed by atoms with E-state index in [9.17, 15) is 4.79 Å². The lowest BCUT2D eigenvalue weighted by Crippen LogP contribution is -2.36. The van der Waals surface area contributed by atoms with Gasteiger partial charge < -0.3 is 9.73 Å². The number of aromatic nitrogens is 4. The summed E-state index contributed by atoms with van der Waals surface area (Å²) < 4.78 is 7.37. The average molecular weight is 381 g/mol. The molecule has 148 valence electrons. The van der Waals surface area contributed by atoms with E-state index in [0.29, 0.717) is 29.0 Å². The third kappa shape index (κ3) is 4.13.